The third-order valence-corrected chi connectivity index (χ3v) is 6.56. The molecule has 9 heteroatoms. The number of nitriles is 1. The number of carbonyl (C=O) groups excluding carboxylic acids is 1. The van der Waals surface area contributed by atoms with E-state index in [1.54, 1.807) is 30.3 Å². The van der Waals surface area contributed by atoms with Crippen molar-refractivity contribution in [2.75, 3.05) is 11.5 Å². The van der Waals surface area contributed by atoms with Gasteiger partial charge in [-0.2, -0.15) is 5.26 Å². The van der Waals surface area contributed by atoms with Gasteiger partial charge < -0.3 is 5.32 Å². The Balaban J connectivity index is 2.18. The van der Waals surface area contributed by atoms with Crippen LogP contribution >= 0.6 is 15.9 Å². The van der Waals surface area contributed by atoms with Gasteiger partial charge in [-0.25, -0.2) is 17.2 Å². The third kappa shape index (κ3) is 7.32. The zero-order chi connectivity index (χ0) is 20.8. The van der Waals surface area contributed by atoms with E-state index in [2.05, 4.69) is 21.2 Å². The fourth-order valence-corrected chi connectivity index (χ4v) is 4.40. The summed E-state index contributed by atoms with van der Waals surface area (Å²) in [7, 11) is -3.66. The van der Waals surface area contributed by atoms with Gasteiger partial charge in [-0.05, 0) is 36.6 Å². The van der Waals surface area contributed by atoms with Gasteiger partial charge in [-0.3, -0.25) is 4.79 Å². The summed E-state index contributed by atoms with van der Waals surface area (Å²) >= 11 is 3.31. The highest BCUT2D eigenvalue weighted by Gasteiger charge is 2.35. The van der Waals surface area contributed by atoms with Gasteiger partial charge in [0.1, 0.15) is 0 Å². The molecule has 0 aromatic heterocycles. The van der Waals surface area contributed by atoms with E-state index in [1.807, 2.05) is 0 Å². The molecule has 1 aliphatic carbocycles. The fraction of sp³-hybridized carbons (Fsp3) is 0.474. The normalized spacial score (nSPS) is 17.7. The van der Waals surface area contributed by atoms with E-state index in [4.69, 9.17) is 5.26 Å². The summed E-state index contributed by atoms with van der Waals surface area (Å²) < 4.78 is 51.9. The van der Waals surface area contributed by atoms with Crippen LogP contribution in [0.5, 0.6) is 0 Å². The number of nitrogens with zero attached hydrogens (tertiary/aromatic N) is 1. The molecule has 1 aromatic rings. The van der Waals surface area contributed by atoms with Crippen LogP contribution in [0, 0.1) is 11.3 Å². The third-order valence-electron chi connectivity index (χ3n) is 4.46. The van der Waals surface area contributed by atoms with Crippen LogP contribution in [0.1, 0.15) is 37.7 Å². The Labute approximate surface area is 171 Å². The van der Waals surface area contributed by atoms with E-state index >= 15 is 0 Å². The van der Waals surface area contributed by atoms with Gasteiger partial charge in [0.05, 0.1) is 17.6 Å². The molecule has 0 radical (unpaired) electrons. The average Bonchev–Trinajstić information content (AvgIpc) is 2.63. The van der Waals surface area contributed by atoms with Gasteiger partial charge >= 0.3 is 0 Å². The van der Waals surface area contributed by atoms with Gasteiger partial charge in [-0.1, -0.05) is 28.1 Å². The molecule has 2 rings (SSSR count). The van der Waals surface area contributed by atoms with Gasteiger partial charge in [0.15, 0.2) is 9.84 Å². The summed E-state index contributed by atoms with van der Waals surface area (Å²) in [5, 5.41) is 11.3. The lowest BCUT2D eigenvalue weighted by Crippen LogP contribution is -2.41. The molecule has 0 unspecified atom stereocenters. The van der Waals surface area contributed by atoms with Crippen LogP contribution in [0.2, 0.25) is 0 Å². The first-order chi connectivity index (χ1) is 13.1. The van der Waals surface area contributed by atoms with Crippen molar-refractivity contribution in [3.63, 3.8) is 0 Å². The van der Waals surface area contributed by atoms with Gasteiger partial charge in [0.2, 0.25) is 11.8 Å². The van der Waals surface area contributed by atoms with Crippen molar-refractivity contribution >= 4 is 37.8 Å². The first-order valence-electron chi connectivity index (χ1n) is 8.82. The molecule has 5 nitrogen and oxygen atoms in total. The minimum atomic E-state index is -3.66. The maximum absolute atomic E-state index is 13.3. The monoisotopic (exact) mass is 474 g/mol. The number of carbonyl (C=O) groups is 1. The van der Waals surface area contributed by atoms with Crippen LogP contribution in [0.3, 0.4) is 0 Å². The molecule has 28 heavy (non-hydrogen) atoms. The molecule has 1 aromatic carbocycles. The number of hydrogen-bond acceptors (Lipinski definition) is 4. The average molecular weight is 475 g/mol. The van der Waals surface area contributed by atoms with Crippen LogP contribution in [-0.4, -0.2) is 37.8 Å². The van der Waals surface area contributed by atoms with Crippen molar-refractivity contribution < 1.29 is 22.0 Å². The first kappa shape index (κ1) is 22.5. The molecule has 0 aliphatic heterocycles. The molecule has 0 saturated heterocycles. The molecular formula is C19H21BrF2N2O3S. The van der Waals surface area contributed by atoms with Crippen molar-refractivity contribution in [2.45, 2.75) is 44.1 Å². The Morgan fingerprint density at radius 2 is 1.89 bits per heavy atom. The van der Waals surface area contributed by atoms with Crippen molar-refractivity contribution in [2.24, 2.45) is 0 Å². The van der Waals surface area contributed by atoms with E-state index in [-0.39, 0.29) is 43.4 Å². The maximum atomic E-state index is 13.3. The smallest absolute Gasteiger partial charge is 0.248 e. The second-order valence-corrected chi connectivity index (χ2v) is 9.92. The number of hydrogen-bond donors (Lipinski definition) is 1. The minimum absolute atomic E-state index is 0.0256. The van der Waals surface area contributed by atoms with Crippen LogP contribution in [0.25, 0.3) is 6.08 Å². The van der Waals surface area contributed by atoms with Gasteiger partial charge in [-0.15, -0.1) is 0 Å². The molecular weight excluding hydrogens is 454 g/mol. The maximum Gasteiger partial charge on any atom is 0.248 e. The molecule has 0 bridgehead atoms. The van der Waals surface area contributed by atoms with Crippen molar-refractivity contribution in [1.82, 2.24) is 5.32 Å². The molecule has 1 aliphatic rings. The van der Waals surface area contributed by atoms with Crippen molar-refractivity contribution in [3.05, 3.63) is 39.9 Å². The Hall–Kier alpha value is -1.79. The minimum Gasteiger partial charge on any atom is -0.350 e. The molecule has 1 N–H and O–H groups in total. The number of rotatable bonds is 7. The Bertz CT molecular complexity index is 867. The number of sulfone groups is 1. The number of amides is 1. The summed E-state index contributed by atoms with van der Waals surface area (Å²) in [5.41, 5.74) is 0.664. The van der Waals surface area contributed by atoms with E-state index in [1.165, 1.54) is 6.08 Å². The number of benzene rings is 1. The van der Waals surface area contributed by atoms with Gasteiger partial charge in [0.25, 0.3) is 0 Å². The zero-order valence-electron chi connectivity index (χ0n) is 15.1. The Kier molecular flexibility index (Phi) is 7.72. The van der Waals surface area contributed by atoms with E-state index in [0.29, 0.717) is 5.56 Å². The van der Waals surface area contributed by atoms with E-state index in [0.717, 1.165) is 4.47 Å². The van der Waals surface area contributed by atoms with E-state index < -0.39 is 33.5 Å². The zero-order valence-corrected chi connectivity index (χ0v) is 17.5. The SMILES string of the molecule is N#CCCS(=O)(=O)C/C(=C\c1ccc(Br)cc1)C(=O)NC1CCC(F)(F)CC1. The Morgan fingerprint density at radius 1 is 1.29 bits per heavy atom. The topological polar surface area (TPSA) is 87.0 Å². The number of nitrogens with one attached hydrogen (secondary N) is 1. The number of alkyl halides is 2. The lowest BCUT2D eigenvalue weighted by molar-refractivity contribution is -0.119. The highest BCUT2D eigenvalue weighted by molar-refractivity contribution is 9.10. The molecule has 0 atom stereocenters. The first-order valence-corrected chi connectivity index (χ1v) is 11.4. The van der Waals surface area contributed by atoms with Crippen molar-refractivity contribution in [3.8, 4) is 6.07 Å². The summed E-state index contributed by atoms with van der Waals surface area (Å²) in [6.07, 6.45) is 1.00. The molecule has 1 amide bonds. The Morgan fingerprint density at radius 3 is 2.46 bits per heavy atom. The van der Waals surface area contributed by atoms with Crippen LogP contribution < -0.4 is 5.32 Å². The standard InChI is InChI=1S/C19H21BrF2N2O3S/c20-16-4-2-14(3-5-16)12-15(13-28(26,27)11-1-10-23)18(25)24-17-6-8-19(21,22)9-7-17/h2-5,12,17H,1,6-9,11,13H2,(H,24,25)/b15-12+. The summed E-state index contributed by atoms with van der Waals surface area (Å²) in [6.45, 7) is 0. The van der Waals surface area contributed by atoms with Crippen LogP contribution in [-0.2, 0) is 14.6 Å². The second kappa shape index (κ2) is 9.61. The molecule has 0 heterocycles. The summed E-state index contributed by atoms with van der Waals surface area (Å²) in [5.74, 6) is -4.15. The van der Waals surface area contributed by atoms with E-state index in [9.17, 15) is 22.0 Å². The molecule has 0 spiro atoms. The van der Waals surface area contributed by atoms with Crippen molar-refractivity contribution in [1.29, 1.82) is 5.26 Å². The lowest BCUT2D eigenvalue weighted by atomic mass is 9.92. The predicted molar refractivity (Wildman–Crippen MR) is 106 cm³/mol. The summed E-state index contributed by atoms with van der Waals surface area (Å²) in [4.78, 5) is 12.7. The molecule has 1 saturated carbocycles. The van der Waals surface area contributed by atoms with Crippen LogP contribution in [0.15, 0.2) is 34.3 Å². The van der Waals surface area contributed by atoms with Crippen LogP contribution in [0.4, 0.5) is 8.78 Å². The second-order valence-electron chi connectivity index (χ2n) is 6.82. The quantitative estimate of drug-likeness (QED) is 0.607. The van der Waals surface area contributed by atoms with Gasteiger partial charge in [0, 0.05) is 35.4 Å². The largest absolute Gasteiger partial charge is 0.350 e. The summed E-state index contributed by atoms with van der Waals surface area (Å²) in [6, 6.07) is 8.33. The fourth-order valence-electron chi connectivity index (χ4n) is 2.91. The predicted octanol–water partition coefficient (Wildman–Crippen LogP) is 3.86. The highest BCUT2D eigenvalue weighted by atomic mass is 79.9. The highest BCUT2D eigenvalue weighted by Crippen LogP contribution is 2.33. The molecule has 152 valence electrons. The molecule has 1 fully saturated rings. The lowest BCUT2D eigenvalue weighted by Gasteiger charge is -2.29. The number of halogens is 3.